The summed E-state index contributed by atoms with van der Waals surface area (Å²) in [6.07, 6.45) is 0. The van der Waals surface area contributed by atoms with E-state index >= 15 is 0 Å². The monoisotopic (exact) mass is 319 g/mol. The fourth-order valence-corrected chi connectivity index (χ4v) is 1.65. The highest BCUT2D eigenvalue weighted by atomic mass is 19.2. The number of rotatable bonds is 4. The van der Waals surface area contributed by atoms with Gasteiger partial charge in [-0.25, -0.2) is 13.2 Å². The van der Waals surface area contributed by atoms with Crippen molar-refractivity contribution in [1.29, 1.82) is 0 Å². The van der Waals surface area contributed by atoms with Crippen molar-refractivity contribution >= 4 is 5.91 Å². The van der Waals surface area contributed by atoms with Crippen LogP contribution in [0.25, 0.3) is 0 Å². The summed E-state index contributed by atoms with van der Waals surface area (Å²) in [7, 11) is 0. The summed E-state index contributed by atoms with van der Waals surface area (Å²) in [6, 6.07) is 8.77. The topological polar surface area (TPSA) is 38.3 Å². The summed E-state index contributed by atoms with van der Waals surface area (Å²) >= 11 is 0. The standard InChI is InChI=1S/C17H12F3NO2/c18-13-8-7-12(11-15(13)20)17(22)21-9-3-4-10-23-16-6-2-1-5-14(16)19/h1-2,5-8,11H,9-10H2,(H,21,22). The van der Waals surface area contributed by atoms with Crippen molar-refractivity contribution in [2.24, 2.45) is 0 Å². The van der Waals surface area contributed by atoms with Crippen LogP contribution in [0.1, 0.15) is 10.4 Å². The van der Waals surface area contributed by atoms with Crippen LogP contribution in [0.5, 0.6) is 5.75 Å². The number of amides is 1. The fraction of sp³-hybridized carbons (Fsp3) is 0.118. The first-order valence-electron chi connectivity index (χ1n) is 6.64. The van der Waals surface area contributed by atoms with Gasteiger partial charge in [0.2, 0.25) is 0 Å². The number of carbonyl (C=O) groups is 1. The number of hydrogen-bond acceptors (Lipinski definition) is 2. The predicted molar refractivity (Wildman–Crippen MR) is 78.4 cm³/mol. The molecule has 0 aromatic heterocycles. The molecule has 2 aromatic carbocycles. The van der Waals surface area contributed by atoms with Gasteiger partial charge in [0, 0.05) is 5.56 Å². The highest BCUT2D eigenvalue weighted by Gasteiger charge is 2.08. The van der Waals surface area contributed by atoms with Gasteiger partial charge in [-0.1, -0.05) is 24.0 Å². The van der Waals surface area contributed by atoms with Gasteiger partial charge in [0.15, 0.2) is 23.2 Å². The molecular weight excluding hydrogens is 307 g/mol. The number of halogens is 3. The van der Waals surface area contributed by atoms with E-state index in [1.54, 1.807) is 12.1 Å². The summed E-state index contributed by atoms with van der Waals surface area (Å²) in [5, 5.41) is 2.42. The van der Waals surface area contributed by atoms with Crippen LogP contribution in [-0.2, 0) is 0 Å². The first kappa shape index (κ1) is 16.4. The zero-order valence-corrected chi connectivity index (χ0v) is 11.9. The molecule has 6 heteroatoms. The first-order valence-corrected chi connectivity index (χ1v) is 6.64. The van der Waals surface area contributed by atoms with Gasteiger partial charge in [-0.3, -0.25) is 4.79 Å². The molecule has 0 aliphatic heterocycles. The van der Waals surface area contributed by atoms with Crippen molar-refractivity contribution in [3.63, 3.8) is 0 Å². The second kappa shape index (κ2) is 7.90. The summed E-state index contributed by atoms with van der Waals surface area (Å²) < 4.78 is 44.1. The van der Waals surface area contributed by atoms with Gasteiger partial charge in [0.1, 0.15) is 6.61 Å². The number of para-hydroxylation sites is 1. The van der Waals surface area contributed by atoms with Crippen LogP contribution in [-0.4, -0.2) is 19.1 Å². The summed E-state index contributed by atoms with van der Waals surface area (Å²) in [4.78, 5) is 11.7. The molecule has 0 saturated heterocycles. The molecule has 0 heterocycles. The number of carbonyl (C=O) groups excluding carboxylic acids is 1. The second-order valence-corrected chi connectivity index (χ2v) is 4.38. The maximum Gasteiger partial charge on any atom is 0.252 e. The van der Waals surface area contributed by atoms with E-state index in [-0.39, 0.29) is 24.5 Å². The number of benzene rings is 2. The molecule has 0 atom stereocenters. The number of hydrogen-bond donors (Lipinski definition) is 1. The van der Waals surface area contributed by atoms with E-state index < -0.39 is 23.4 Å². The Hall–Kier alpha value is -2.94. The molecule has 0 bridgehead atoms. The third-order valence-corrected chi connectivity index (χ3v) is 2.78. The van der Waals surface area contributed by atoms with Gasteiger partial charge < -0.3 is 10.1 Å². The molecule has 1 amide bonds. The Labute approximate surface area is 131 Å². The molecule has 1 N–H and O–H groups in total. The average Bonchev–Trinajstić information content (AvgIpc) is 2.54. The minimum absolute atomic E-state index is 0.00153. The zero-order chi connectivity index (χ0) is 16.7. The Balaban J connectivity index is 1.78. The van der Waals surface area contributed by atoms with Crippen LogP contribution in [0.2, 0.25) is 0 Å². The first-order chi connectivity index (χ1) is 11.1. The van der Waals surface area contributed by atoms with Gasteiger partial charge in [-0.05, 0) is 30.3 Å². The average molecular weight is 319 g/mol. The highest BCUT2D eigenvalue weighted by molar-refractivity contribution is 5.94. The molecule has 0 aliphatic rings. The van der Waals surface area contributed by atoms with E-state index in [4.69, 9.17) is 4.74 Å². The molecule has 118 valence electrons. The van der Waals surface area contributed by atoms with Gasteiger partial charge in [0.05, 0.1) is 6.54 Å². The molecule has 0 spiro atoms. The van der Waals surface area contributed by atoms with Gasteiger partial charge in [-0.2, -0.15) is 0 Å². The van der Waals surface area contributed by atoms with Crippen molar-refractivity contribution < 1.29 is 22.7 Å². The van der Waals surface area contributed by atoms with Crippen molar-refractivity contribution in [3.05, 3.63) is 65.5 Å². The van der Waals surface area contributed by atoms with E-state index in [9.17, 15) is 18.0 Å². The number of ether oxygens (including phenoxy) is 1. The minimum atomic E-state index is -1.10. The Kier molecular flexibility index (Phi) is 5.64. The summed E-state index contributed by atoms with van der Waals surface area (Å²) in [5.74, 6) is 2.12. The molecule has 0 unspecified atom stereocenters. The third kappa shape index (κ3) is 4.78. The van der Waals surface area contributed by atoms with Crippen molar-refractivity contribution in [3.8, 4) is 17.6 Å². The molecule has 0 radical (unpaired) electrons. The predicted octanol–water partition coefficient (Wildman–Crippen LogP) is 2.92. The van der Waals surface area contributed by atoms with Gasteiger partial charge in [0.25, 0.3) is 5.91 Å². The SMILES string of the molecule is O=C(NCC#CCOc1ccccc1F)c1ccc(F)c(F)c1. The van der Waals surface area contributed by atoms with E-state index in [0.717, 1.165) is 12.1 Å². The zero-order valence-electron chi connectivity index (χ0n) is 11.9. The van der Waals surface area contributed by atoms with E-state index in [1.165, 1.54) is 18.2 Å². The van der Waals surface area contributed by atoms with E-state index in [1.807, 2.05) is 0 Å². The van der Waals surface area contributed by atoms with Crippen molar-refractivity contribution in [2.75, 3.05) is 13.2 Å². The fourth-order valence-electron chi connectivity index (χ4n) is 1.65. The lowest BCUT2D eigenvalue weighted by Gasteiger charge is -2.03. The third-order valence-electron chi connectivity index (χ3n) is 2.78. The largest absolute Gasteiger partial charge is 0.478 e. The summed E-state index contributed by atoms with van der Waals surface area (Å²) in [6.45, 7) is -0.0412. The molecule has 3 nitrogen and oxygen atoms in total. The lowest BCUT2D eigenvalue weighted by molar-refractivity contribution is 0.0958. The molecule has 0 aliphatic carbocycles. The van der Waals surface area contributed by atoms with Gasteiger partial charge >= 0.3 is 0 Å². The van der Waals surface area contributed by atoms with Crippen molar-refractivity contribution in [2.45, 2.75) is 0 Å². The second-order valence-electron chi connectivity index (χ2n) is 4.38. The maximum absolute atomic E-state index is 13.2. The Morgan fingerprint density at radius 1 is 1.00 bits per heavy atom. The normalized spacial score (nSPS) is 9.70. The van der Waals surface area contributed by atoms with Crippen LogP contribution < -0.4 is 10.1 Å². The minimum Gasteiger partial charge on any atom is -0.478 e. The molecule has 0 saturated carbocycles. The van der Waals surface area contributed by atoms with Crippen LogP contribution in [0.15, 0.2) is 42.5 Å². The highest BCUT2D eigenvalue weighted by Crippen LogP contribution is 2.14. The van der Waals surface area contributed by atoms with Crippen LogP contribution in [0.4, 0.5) is 13.2 Å². The van der Waals surface area contributed by atoms with E-state index in [2.05, 4.69) is 17.2 Å². The van der Waals surface area contributed by atoms with Crippen LogP contribution >= 0.6 is 0 Å². The Morgan fingerprint density at radius 3 is 2.52 bits per heavy atom. The van der Waals surface area contributed by atoms with Crippen molar-refractivity contribution in [1.82, 2.24) is 5.32 Å². The van der Waals surface area contributed by atoms with Gasteiger partial charge in [-0.15, -0.1) is 0 Å². The molecule has 2 rings (SSSR count). The molecule has 23 heavy (non-hydrogen) atoms. The molecule has 0 fully saturated rings. The maximum atomic E-state index is 13.2. The lowest BCUT2D eigenvalue weighted by Crippen LogP contribution is -2.23. The quantitative estimate of drug-likeness (QED) is 0.880. The lowest BCUT2D eigenvalue weighted by atomic mass is 10.2. The van der Waals surface area contributed by atoms with Crippen LogP contribution in [0.3, 0.4) is 0 Å². The smallest absolute Gasteiger partial charge is 0.252 e. The number of nitrogens with one attached hydrogen (secondary N) is 1. The molecule has 2 aromatic rings. The Morgan fingerprint density at radius 2 is 1.78 bits per heavy atom. The van der Waals surface area contributed by atoms with Crippen LogP contribution in [0, 0.1) is 29.3 Å². The Bertz CT molecular complexity index is 766. The summed E-state index contributed by atoms with van der Waals surface area (Å²) in [5.41, 5.74) is -0.00620. The molecular formula is C17H12F3NO2. The van der Waals surface area contributed by atoms with E-state index in [0.29, 0.717) is 0 Å².